The Morgan fingerprint density at radius 1 is 1.18 bits per heavy atom. The number of hydrogen-bond acceptors (Lipinski definition) is 7. The van der Waals surface area contributed by atoms with Gasteiger partial charge in [0.1, 0.15) is 0 Å². The van der Waals surface area contributed by atoms with Gasteiger partial charge in [0.25, 0.3) is 5.69 Å². The molecule has 2 N–H and O–H groups in total. The van der Waals surface area contributed by atoms with Crippen LogP contribution in [0.5, 0.6) is 0 Å². The van der Waals surface area contributed by atoms with E-state index in [0.717, 1.165) is 17.3 Å². The van der Waals surface area contributed by atoms with Gasteiger partial charge in [-0.3, -0.25) is 19.7 Å². The van der Waals surface area contributed by atoms with Gasteiger partial charge in [-0.2, -0.15) is 0 Å². The number of benzene rings is 2. The molecule has 34 heavy (non-hydrogen) atoms. The van der Waals surface area contributed by atoms with Gasteiger partial charge in [0, 0.05) is 30.3 Å². The first-order chi connectivity index (χ1) is 16.2. The van der Waals surface area contributed by atoms with Crippen molar-refractivity contribution in [3.05, 3.63) is 80.1 Å². The number of nitro benzene ring substituents is 1. The van der Waals surface area contributed by atoms with Crippen LogP contribution in [0.15, 0.2) is 53.7 Å². The number of nitrogens with one attached hydrogen (secondary N) is 2. The molecule has 2 aromatic carbocycles. The molecule has 2 amide bonds. The standard InChI is InChI=1S/C21H18Cl2N6O4S/c1-28-18(11-24-19(30)9-6-13-4-2-3-5-15(13)22)26-27-21(28)34-12-20(31)25-17-10-14(29(32)33)7-8-16(17)23/h2-10H,11-12H2,1H3,(H,24,30)(H,25,31)/b9-6+. The summed E-state index contributed by atoms with van der Waals surface area (Å²) in [5, 5.41) is 25.4. The number of rotatable bonds is 9. The molecule has 1 heterocycles. The summed E-state index contributed by atoms with van der Waals surface area (Å²) in [6.45, 7) is 0.130. The number of non-ortho nitro benzene ring substituents is 1. The Labute approximate surface area is 208 Å². The van der Waals surface area contributed by atoms with Crippen LogP contribution in [0.4, 0.5) is 11.4 Å². The fourth-order valence-electron chi connectivity index (χ4n) is 2.66. The highest BCUT2D eigenvalue weighted by Gasteiger charge is 2.15. The van der Waals surface area contributed by atoms with Gasteiger partial charge in [-0.15, -0.1) is 10.2 Å². The molecule has 176 valence electrons. The maximum absolute atomic E-state index is 12.3. The maximum atomic E-state index is 12.3. The first-order valence-corrected chi connectivity index (χ1v) is 11.4. The molecule has 0 unspecified atom stereocenters. The molecule has 0 aliphatic heterocycles. The molecule has 3 aromatic rings. The Kier molecular flexibility index (Phi) is 8.63. The summed E-state index contributed by atoms with van der Waals surface area (Å²) in [5.41, 5.74) is 0.683. The van der Waals surface area contributed by atoms with E-state index in [-0.39, 0.29) is 34.6 Å². The molecular formula is C21H18Cl2N6O4S. The third kappa shape index (κ3) is 6.80. The zero-order valence-electron chi connectivity index (χ0n) is 17.7. The lowest BCUT2D eigenvalue weighted by Gasteiger charge is -2.07. The van der Waals surface area contributed by atoms with E-state index in [2.05, 4.69) is 20.8 Å². The summed E-state index contributed by atoms with van der Waals surface area (Å²) in [6.07, 6.45) is 2.98. The first kappa shape index (κ1) is 25.2. The van der Waals surface area contributed by atoms with Crippen LogP contribution in [0.1, 0.15) is 11.4 Å². The summed E-state index contributed by atoms with van der Waals surface area (Å²) in [4.78, 5) is 34.7. The van der Waals surface area contributed by atoms with Crippen molar-refractivity contribution >= 4 is 64.2 Å². The van der Waals surface area contributed by atoms with Crippen molar-refractivity contribution in [3.63, 3.8) is 0 Å². The number of thioether (sulfide) groups is 1. The predicted octanol–water partition coefficient (Wildman–Crippen LogP) is 4.09. The van der Waals surface area contributed by atoms with E-state index in [0.29, 0.717) is 16.0 Å². The maximum Gasteiger partial charge on any atom is 0.271 e. The van der Waals surface area contributed by atoms with E-state index in [9.17, 15) is 19.7 Å². The number of nitrogens with zero attached hydrogens (tertiary/aromatic N) is 4. The van der Waals surface area contributed by atoms with Gasteiger partial charge in [0.05, 0.1) is 27.9 Å². The van der Waals surface area contributed by atoms with Crippen molar-refractivity contribution in [2.24, 2.45) is 7.05 Å². The van der Waals surface area contributed by atoms with E-state index < -0.39 is 10.8 Å². The van der Waals surface area contributed by atoms with Gasteiger partial charge in [0.15, 0.2) is 11.0 Å². The fourth-order valence-corrected chi connectivity index (χ4v) is 3.76. The number of carbonyl (C=O) groups is 2. The number of aromatic nitrogens is 3. The van der Waals surface area contributed by atoms with Gasteiger partial charge >= 0.3 is 0 Å². The highest BCUT2D eigenvalue weighted by Crippen LogP contribution is 2.27. The molecule has 13 heteroatoms. The monoisotopic (exact) mass is 520 g/mol. The zero-order valence-corrected chi connectivity index (χ0v) is 20.0. The summed E-state index contributed by atoms with van der Waals surface area (Å²) in [5.74, 6) is -0.290. The number of hydrogen-bond donors (Lipinski definition) is 2. The van der Waals surface area contributed by atoms with E-state index in [1.54, 1.807) is 35.9 Å². The lowest BCUT2D eigenvalue weighted by atomic mass is 10.2. The minimum Gasteiger partial charge on any atom is -0.345 e. The van der Waals surface area contributed by atoms with E-state index in [1.807, 2.05) is 6.07 Å². The van der Waals surface area contributed by atoms with Crippen LogP contribution < -0.4 is 10.6 Å². The second kappa shape index (κ2) is 11.6. The minimum absolute atomic E-state index is 0.0298. The Morgan fingerprint density at radius 2 is 1.94 bits per heavy atom. The van der Waals surface area contributed by atoms with Crippen molar-refractivity contribution in [2.45, 2.75) is 11.7 Å². The average Bonchev–Trinajstić information content (AvgIpc) is 3.16. The minimum atomic E-state index is -0.576. The van der Waals surface area contributed by atoms with E-state index >= 15 is 0 Å². The summed E-state index contributed by atoms with van der Waals surface area (Å²) >= 11 is 13.2. The Bertz CT molecular complexity index is 1260. The molecular weight excluding hydrogens is 503 g/mol. The molecule has 0 radical (unpaired) electrons. The largest absolute Gasteiger partial charge is 0.345 e. The first-order valence-electron chi connectivity index (χ1n) is 9.70. The molecule has 10 nitrogen and oxygen atoms in total. The van der Waals surface area contributed by atoms with Gasteiger partial charge in [-0.25, -0.2) is 0 Å². The van der Waals surface area contributed by atoms with Crippen LogP contribution in [0.25, 0.3) is 6.08 Å². The molecule has 0 saturated carbocycles. The fraction of sp³-hybridized carbons (Fsp3) is 0.143. The van der Waals surface area contributed by atoms with Crippen LogP contribution >= 0.6 is 35.0 Å². The highest BCUT2D eigenvalue weighted by molar-refractivity contribution is 7.99. The van der Waals surface area contributed by atoms with Gasteiger partial charge in [-0.05, 0) is 23.8 Å². The second-order valence-electron chi connectivity index (χ2n) is 6.79. The van der Waals surface area contributed by atoms with Crippen molar-refractivity contribution < 1.29 is 14.5 Å². The van der Waals surface area contributed by atoms with Crippen molar-refractivity contribution in [1.29, 1.82) is 0 Å². The third-order valence-electron chi connectivity index (χ3n) is 4.43. The van der Waals surface area contributed by atoms with Crippen molar-refractivity contribution in [3.8, 4) is 0 Å². The van der Waals surface area contributed by atoms with Crippen LogP contribution in [0.2, 0.25) is 10.0 Å². The van der Waals surface area contributed by atoms with Gasteiger partial charge < -0.3 is 15.2 Å². The van der Waals surface area contributed by atoms with E-state index in [4.69, 9.17) is 23.2 Å². The van der Waals surface area contributed by atoms with Crippen LogP contribution in [0, 0.1) is 10.1 Å². The highest BCUT2D eigenvalue weighted by atomic mass is 35.5. The van der Waals surface area contributed by atoms with Gasteiger partial charge in [0.2, 0.25) is 11.8 Å². The number of amides is 2. The second-order valence-corrected chi connectivity index (χ2v) is 8.55. The Balaban J connectivity index is 1.52. The summed E-state index contributed by atoms with van der Waals surface area (Å²) in [7, 11) is 1.71. The van der Waals surface area contributed by atoms with Crippen molar-refractivity contribution in [2.75, 3.05) is 11.1 Å². The number of halogens is 2. The molecule has 0 spiro atoms. The zero-order chi connectivity index (χ0) is 24.7. The normalized spacial score (nSPS) is 10.9. The Hall–Kier alpha value is -3.41. The van der Waals surface area contributed by atoms with Crippen LogP contribution in [-0.4, -0.2) is 37.3 Å². The molecule has 0 atom stereocenters. The van der Waals surface area contributed by atoms with Crippen LogP contribution in [-0.2, 0) is 23.2 Å². The van der Waals surface area contributed by atoms with Crippen LogP contribution in [0.3, 0.4) is 0 Å². The molecule has 0 fully saturated rings. The molecule has 1 aromatic heterocycles. The SMILES string of the molecule is Cn1c(CNC(=O)/C=C/c2ccccc2Cl)nnc1SCC(=O)Nc1cc([N+](=O)[O-])ccc1Cl. The summed E-state index contributed by atoms with van der Waals surface area (Å²) < 4.78 is 1.65. The number of anilines is 1. The number of carbonyl (C=O) groups excluding carboxylic acids is 2. The molecule has 0 aliphatic carbocycles. The quantitative estimate of drug-likeness (QED) is 0.188. The van der Waals surface area contributed by atoms with Crippen molar-refractivity contribution in [1.82, 2.24) is 20.1 Å². The summed E-state index contributed by atoms with van der Waals surface area (Å²) in [6, 6.07) is 10.9. The topological polar surface area (TPSA) is 132 Å². The Morgan fingerprint density at radius 3 is 2.68 bits per heavy atom. The lowest BCUT2D eigenvalue weighted by Crippen LogP contribution is -2.22. The average molecular weight is 521 g/mol. The molecule has 0 bridgehead atoms. The predicted molar refractivity (Wildman–Crippen MR) is 131 cm³/mol. The lowest BCUT2D eigenvalue weighted by molar-refractivity contribution is -0.384. The smallest absolute Gasteiger partial charge is 0.271 e. The number of nitro groups is 1. The molecule has 0 aliphatic rings. The van der Waals surface area contributed by atoms with Gasteiger partial charge in [-0.1, -0.05) is 53.2 Å². The van der Waals surface area contributed by atoms with E-state index in [1.165, 1.54) is 24.3 Å². The molecule has 0 saturated heterocycles. The molecule has 3 rings (SSSR count). The third-order valence-corrected chi connectivity index (χ3v) is 6.13.